The minimum atomic E-state index is -0.799. The zero-order valence-electron chi connectivity index (χ0n) is 6.99. The number of hydrogen-bond donors (Lipinski definition) is 1. The van der Waals surface area contributed by atoms with Crippen LogP contribution in [-0.2, 0) is 4.79 Å². The quantitative estimate of drug-likeness (QED) is 0.668. The molecular formula is C9H13NO2. The number of hydrogen-bond acceptors (Lipinski definition) is 3. The molecule has 0 radical (unpaired) electrons. The summed E-state index contributed by atoms with van der Waals surface area (Å²) in [6, 6.07) is 2.03. The first-order chi connectivity index (χ1) is 5.75. The van der Waals surface area contributed by atoms with Crippen LogP contribution < -0.4 is 0 Å². The number of carbonyl (C=O) groups excluding carboxylic acids is 1. The van der Waals surface area contributed by atoms with Gasteiger partial charge in [0.2, 0.25) is 0 Å². The van der Waals surface area contributed by atoms with E-state index in [1.165, 1.54) is 0 Å². The molecule has 3 heteroatoms. The van der Waals surface area contributed by atoms with Gasteiger partial charge in [0.1, 0.15) is 6.10 Å². The number of nitrogens with zero attached hydrogens (tertiary/aromatic N) is 1. The summed E-state index contributed by atoms with van der Waals surface area (Å²) in [6.07, 6.45) is 2.55. The van der Waals surface area contributed by atoms with E-state index in [1.807, 2.05) is 6.07 Å². The number of rotatable bonds is 2. The lowest BCUT2D eigenvalue weighted by Crippen LogP contribution is -2.33. The highest BCUT2D eigenvalue weighted by Crippen LogP contribution is 2.25. The Morgan fingerprint density at radius 2 is 2.42 bits per heavy atom. The van der Waals surface area contributed by atoms with Gasteiger partial charge in [-0.1, -0.05) is 0 Å². The summed E-state index contributed by atoms with van der Waals surface area (Å²) in [4.78, 5) is 11.0. The first-order valence-electron chi connectivity index (χ1n) is 4.33. The van der Waals surface area contributed by atoms with Crippen LogP contribution >= 0.6 is 0 Å². The summed E-state index contributed by atoms with van der Waals surface area (Å²) >= 11 is 0. The van der Waals surface area contributed by atoms with Gasteiger partial charge in [-0.15, -0.1) is 0 Å². The van der Waals surface area contributed by atoms with Gasteiger partial charge < -0.3 is 5.11 Å². The fourth-order valence-electron chi connectivity index (χ4n) is 1.66. The largest absolute Gasteiger partial charge is 0.385 e. The second-order valence-corrected chi connectivity index (χ2v) is 3.26. The van der Waals surface area contributed by atoms with Gasteiger partial charge in [0.15, 0.2) is 5.78 Å². The van der Waals surface area contributed by atoms with Crippen molar-refractivity contribution in [2.24, 2.45) is 5.92 Å². The van der Waals surface area contributed by atoms with Crippen LogP contribution in [0.3, 0.4) is 0 Å². The number of Topliss-reactive ketones (excluding diaryl/α,β-unsaturated/α-hetero) is 1. The maximum atomic E-state index is 11.0. The van der Waals surface area contributed by atoms with Gasteiger partial charge in [-0.25, -0.2) is 0 Å². The summed E-state index contributed by atoms with van der Waals surface area (Å²) < 4.78 is 0. The van der Waals surface area contributed by atoms with Crippen molar-refractivity contribution in [1.82, 2.24) is 0 Å². The van der Waals surface area contributed by atoms with Crippen LogP contribution in [-0.4, -0.2) is 17.0 Å². The number of aliphatic hydroxyl groups excluding tert-OH is 1. The Hall–Kier alpha value is -0.880. The van der Waals surface area contributed by atoms with Crippen LogP contribution in [0.25, 0.3) is 0 Å². The van der Waals surface area contributed by atoms with Gasteiger partial charge in [0, 0.05) is 12.8 Å². The Bertz CT molecular complexity index is 207. The molecule has 1 aliphatic rings. The van der Waals surface area contributed by atoms with E-state index in [-0.39, 0.29) is 11.7 Å². The van der Waals surface area contributed by atoms with Crippen molar-refractivity contribution in [1.29, 1.82) is 5.26 Å². The van der Waals surface area contributed by atoms with E-state index < -0.39 is 6.10 Å². The normalized spacial score (nSPS) is 29.8. The highest BCUT2D eigenvalue weighted by atomic mass is 16.3. The Labute approximate surface area is 72.0 Å². The summed E-state index contributed by atoms with van der Waals surface area (Å²) in [5.41, 5.74) is 0. The van der Waals surface area contributed by atoms with E-state index in [2.05, 4.69) is 0 Å². The van der Waals surface area contributed by atoms with E-state index in [4.69, 9.17) is 5.26 Å². The summed E-state index contributed by atoms with van der Waals surface area (Å²) in [5.74, 6) is -0.0184. The zero-order chi connectivity index (χ0) is 8.97. The topological polar surface area (TPSA) is 61.1 Å². The van der Waals surface area contributed by atoms with Gasteiger partial charge in [-0.3, -0.25) is 4.79 Å². The first-order valence-corrected chi connectivity index (χ1v) is 4.33. The molecule has 3 nitrogen and oxygen atoms in total. The van der Waals surface area contributed by atoms with Crippen LogP contribution in [0.2, 0.25) is 0 Å². The monoisotopic (exact) mass is 167 g/mol. The van der Waals surface area contributed by atoms with Crippen molar-refractivity contribution in [2.75, 3.05) is 0 Å². The van der Waals surface area contributed by atoms with Gasteiger partial charge in [0.05, 0.1) is 6.07 Å². The molecule has 1 rings (SSSR count). The molecule has 0 aromatic rings. The smallest absolute Gasteiger partial charge is 0.161 e. The predicted octanol–water partition coefficient (Wildman–Crippen LogP) is 1.02. The number of carbonyl (C=O) groups is 1. The molecule has 0 saturated heterocycles. The van der Waals surface area contributed by atoms with Crippen molar-refractivity contribution >= 4 is 5.78 Å². The van der Waals surface area contributed by atoms with E-state index in [1.54, 1.807) is 0 Å². The molecule has 1 aliphatic carbocycles. The minimum Gasteiger partial charge on any atom is -0.385 e. The van der Waals surface area contributed by atoms with Crippen molar-refractivity contribution in [3.63, 3.8) is 0 Å². The SMILES string of the molecule is N#CCC[C@@H]1CCCC(=O)[C@@H]1O. The standard InChI is InChI=1S/C9H13NO2/c10-6-2-4-7-3-1-5-8(11)9(7)12/h7,9,12H,1-5H2/t7-,9+/m0/s1. The molecule has 12 heavy (non-hydrogen) atoms. The molecule has 0 aromatic heterocycles. The fraction of sp³-hybridized carbons (Fsp3) is 0.778. The van der Waals surface area contributed by atoms with Gasteiger partial charge in [-0.2, -0.15) is 5.26 Å². The maximum Gasteiger partial charge on any atom is 0.161 e. The minimum absolute atomic E-state index is 0.0332. The lowest BCUT2D eigenvalue weighted by molar-refractivity contribution is -0.132. The molecule has 0 amide bonds. The highest BCUT2D eigenvalue weighted by molar-refractivity contribution is 5.83. The number of ketones is 1. The maximum absolute atomic E-state index is 11.0. The van der Waals surface area contributed by atoms with Crippen LogP contribution in [0.15, 0.2) is 0 Å². The molecule has 0 spiro atoms. The molecule has 1 fully saturated rings. The van der Waals surface area contributed by atoms with Gasteiger partial charge >= 0.3 is 0 Å². The Kier molecular flexibility index (Phi) is 3.24. The zero-order valence-corrected chi connectivity index (χ0v) is 6.99. The Balaban J connectivity index is 2.42. The third-order valence-electron chi connectivity index (χ3n) is 2.40. The molecule has 2 atom stereocenters. The lowest BCUT2D eigenvalue weighted by Gasteiger charge is -2.25. The summed E-state index contributed by atoms with van der Waals surface area (Å²) in [5, 5.41) is 17.7. The highest BCUT2D eigenvalue weighted by Gasteiger charge is 2.29. The summed E-state index contributed by atoms with van der Waals surface area (Å²) in [6.45, 7) is 0. The Morgan fingerprint density at radius 3 is 3.08 bits per heavy atom. The molecule has 0 aliphatic heterocycles. The third kappa shape index (κ3) is 2.05. The van der Waals surface area contributed by atoms with Crippen LogP contribution in [0, 0.1) is 17.2 Å². The third-order valence-corrected chi connectivity index (χ3v) is 2.40. The fourth-order valence-corrected chi connectivity index (χ4v) is 1.66. The van der Waals surface area contributed by atoms with Crippen LogP contribution in [0.1, 0.15) is 32.1 Å². The van der Waals surface area contributed by atoms with Crippen LogP contribution in [0.5, 0.6) is 0 Å². The number of nitriles is 1. The van der Waals surface area contributed by atoms with Gasteiger partial charge in [0.25, 0.3) is 0 Å². The molecule has 1 N–H and O–H groups in total. The Morgan fingerprint density at radius 1 is 1.67 bits per heavy atom. The average molecular weight is 167 g/mol. The van der Waals surface area contributed by atoms with E-state index in [0.29, 0.717) is 19.3 Å². The van der Waals surface area contributed by atoms with Crippen molar-refractivity contribution in [3.8, 4) is 6.07 Å². The molecule has 0 unspecified atom stereocenters. The second kappa shape index (κ2) is 4.22. The van der Waals surface area contributed by atoms with E-state index >= 15 is 0 Å². The molecule has 1 saturated carbocycles. The first kappa shape index (κ1) is 9.21. The van der Waals surface area contributed by atoms with E-state index in [0.717, 1.165) is 12.8 Å². The number of aliphatic hydroxyl groups is 1. The van der Waals surface area contributed by atoms with Crippen molar-refractivity contribution in [2.45, 2.75) is 38.2 Å². The second-order valence-electron chi connectivity index (χ2n) is 3.26. The average Bonchev–Trinajstić information content (AvgIpc) is 2.08. The predicted molar refractivity (Wildman–Crippen MR) is 43.2 cm³/mol. The van der Waals surface area contributed by atoms with E-state index in [9.17, 15) is 9.90 Å². The molecule has 0 bridgehead atoms. The van der Waals surface area contributed by atoms with Crippen molar-refractivity contribution < 1.29 is 9.90 Å². The molecule has 0 heterocycles. The lowest BCUT2D eigenvalue weighted by atomic mass is 9.83. The van der Waals surface area contributed by atoms with Crippen molar-refractivity contribution in [3.05, 3.63) is 0 Å². The molecule has 0 aromatic carbocycles. The van der Waals surface area contributed by atoms with Gasteiger partial charge in [-0.05, 0) is 25.2 Å². The van der Waals surface area contributed by atoms with Crippen LogP contribution in [0.4, 0.5) is 0 Å². The summed E-state index contributed by atoms with van der Waals surface area (Å²) in [7, 11) is 0. The molecular weight excluding hydrogens is 154 g/mol. The molecule has 66 valence electrons.